The summed E-state index contributed by atoms with van der Waals surface area (Å²) < 4.78 is 0.882. The summed E-state index contributed by atoms with van der Waals surface area (Å²) in [6, 6.07) is 2.85. The molecule has 1 fully saturated rings. The highest BCUT2D eigenvalue weighted by molar-refractivity contribution is 7.14. The Bertz CT molecular complexity index is 364. The van der Waals surface area contributed by atoms with E-state index in [1.165, 1.54) is 24.9 Å². The molecule has 17 heavy (non-hydrogen) atoms. The lowest BCUT2D eigenvalue weighted by Crippen LogP contribution is -2.43. The molecule has 1 saturated heterocycles. The lowest BCUT2D eigenvalue weighted by Gasteiger charge is -2.38. The molecule has 0 amide bonds. The molecule has 0 saturated carbocycles. The summed E-state index contributed by atoms with van der Waals surface area (Å²) in [6.45, 7) is 6.69. The molecule has 0 spiro atoms. The molecule has 0 bridgehead atoms. The first-order valence-electron chi connectivity index (χ1n) is 6.31. The zero-order valence-electron chi connectivity index (χ0n) is 10.5. The molecule has 1 aromatic rings. The quantitative estimate of drug-likeness (QED) is 0.912. The van der Waals surface area contributed by atoms with Gasteiger partial charge in [0.1, 0.15) is 0 Å². The van der Waals surface area contributed by atoms with Gasteiger partial charge < -0.3 is 5.73 Å². The first kappa shape index (κ1) is 13.3. The highest BCUT2D eigenvalue weighted by Crippen LogP contribution is 2.31. The second-order valence-corrected chi connectivity index (χ2v) is 6.66. The van der Waals surface area contributed by atoms with Gasteiger partial charge in [-0.1, -0.05) is 11.6 Å². The molecule has 0 radical (unpaired) electrons. The summed E-state index contributed by atoms with van der Waals surface area (Å²) >= 11 is 7.62. The Hall–Kier alpha value is -0.0900. The van der Waals surface area contributed by atoms with Gasteiger partial charge in [-0.2, -0.15) is 0 Å². The predicted molar refractivity (Wildman–Crippen MR) is 75.7 cm³/mol. The second kappa shape index (κ2) is 5.70. The molecule has 0 aromatic carbocycles. The van der Waals surface area contributed by atoms with Gasteiger partial charge in [-0.05, 0) is 56.2 Å². The van der Waals surface area contributed by atoms with Gasteiger partial charge >= 0.3 is 0 Å². The van der Waals surface area contributed by atoms with E-state index in [-0.39, 0.29) is 0 Å². The van der Waals surface area contributed by atoms with Gasteiger partial charge in [0, 0.05) is 18.6 Å². The van der Waals surface area contributed by atoms with Crippen molar-refractivity contribution in [2.45, 2.75) is 38.8 Å². The standard InChI is InChI=1S/C13H21ClN2S/c1-9(15)11-4-3-5-16(7-11)10(2)12-6-13(14)17-8-12/h6,8-11H,3-5,7,15H2,1-2H3. The minimum absolute atomic E-state index is 0.302. The fourth-order valence-electron chi connectivity index (χ4n) is 2.57. The van der Waals surface area contributed by atoms with Crippen molar-refractivity contribution in [3.05, 3.63) is 21.3 Å². The van der Waals surface area contributed by atoms with E-state index in [2.05, 4.69) is 30.2 Å². The third-order valence-electron chi connectivity index (χ3n) is 3.85. The Labute approximate surface area is 113 Å². The summed E-state index contributed by atoms with van der Waals surface area (Å²) in [7, 11) is 0. The number of nitrogens with two attached hydrogens (primary N) is 1. The van der Waals surface area contributed by atoms with Crippen molar-refractivity contribution < 1.29 is 0 Å². The Balaban J connectivity index is 2.02. The lowest BCUT2D eigenvalue weighted by atomic mass is 9.91. The van der Waals surface area contributed by atoms with Gasteiger partial charge in [-0.15, -0.1) is 11.3 Å². The van der Waals surface area contributed by atoms with Crippen LogP contribution in [0.2, 0.25) is 4.34 Å². The fraction of sp³-hybridized carbons (Fsp3) is 0.692. The van der Waals surface area contributed by atoms with Gasteiger partial charge in [-0.3, -0.25) is 4.90 Å². The number of piperidine rings is 1. The molecular formula is C13H21ClN2S. The molecule has 2 N–H and O–H groups in total. The van der Waals surface area contributed by atoms with E-state index in [0.29, 0.717) is 18.0 Å². The first-order valence-corrected chi connectivity index (χ1v) is 7.57. The highest BCUT2D eigenvalue weighted by Gasteiger charge is 2.26. The normalized spacial score (nSPS) is 25.8. The van der Waals surface area contributed by atoms with E-state index in [0.717, 1.165) is 10.9 Å². The molecule has 3 unspecified atom stereocenters. The van der Waals surface area contributed by atoms with Crippen molar-refractivity contribution in [3.63, 3.8) is 0 Å². The average Bonchev–Trinajstić information content (AvgIpc) is 2.75. The molecule has 2 nitrogen and oxygen atoms in total. The zero-order valence-corrected chi connectivity index (χ0v) is 12.1. The molecular weight excluding hydrogens is 252 g/mol. The Kier molecular flexibility index (Phi) is 4.47. The fourth-order valence-corrected chi connectivity index (χ4v) is 3.55. The largest absolute Gasteiger partial charge is 0.328 e. The molecule has 3 atom stereocenters. The third-order valence-corrected chi connectivity index (χ3v) is 4.96. The van der Waals surface area contributed by atoms with Crippen molar-refractivity contribution >= 4 is 22.9 Å². The van der Waals surface area contributed by atoms with Gasteiger partial charge in [-0.25, -0.2) is 0 Å². The first-order chi connectivity index (χ1) is 8.08. The molecule has 2 heterocycles. The number of thiophene rings is 1. The number of hydrogen-bond donors (Lipinski definition) is 1. The van der Waals surface area contributed by atoms with Crippen LogP contribution in [0.25, 0.3) is 0 Å². The van der Waals surface area contributed by atoms with Crippen LogP contribution in [0.4, 0.5) is 0 Å². The van der Waals surface area contributed by atoms with Crippen molar-refractivity contribution in [1.29, 1.82) is 0 Å². The molecule has 96 valence electrons. The van der Waals surface area contributed by atoms with Crippen LogP contribution in [0.15, 0.2) is 11.4 Å². The summed E-state index contributed by atoms with van der Waals surface area (Å²) in [5.41, 5.74) is 7.36. The minimum Gasteiger partial charge on any atom is -0.328 e. The smallest absolute Gasteiger partial charge is 0.0931 e. The highest BCUT2D eigenvalue weighted by atomic mass is 35.5. The van der Waals surface area contributed by atoms with Crippen LogP contribution in [0, 0.1) is 5.92 Å². The average molecular weight is 273 g/mol. The summed E-state index contributed by atoms with van der Waals surface area (Å²) in [6.07, 6.45) is 2.53. The number of likely N-dealkylation sites (tertiary alicyclic amines) is 1. The van der Waals surface area contributed by atoms with Crippen LogP contribution < -0.4 is 5.73 Å². The molecule has 1 aliphatic heterocycles. The maximum Gasteiger partial charge on any atom is 0.0931 e. The van der Waals surface area contributed by atoms with Crippen LogP contribution in [0.1, 0.15) is 38.3 Å². The van der Waals surface area contributed by atoms with Crippen molar-refractivity contribution in [2.75, 3.05) is 13.1 Å². The van der Waals surface area contributed by atoms with Crippen molar-refractivity contribution in [1.82, 2.24) is 4.90 Å². The maximum atomic E-state index is 6.03. The topological polar surface area (TPSA) is 29.3 Å². The van der Waals surface area contributed by atoms with E-state index in [1.807, 2.05) is 0 Å². The van der Waals surface area contributed by atoms with Crippen molar-refractivity contribution in [2.24, 2.45) is 11.7 Å². The van der Waals surface area contributed by atoms with E-state index in [4.69, 9.17) is 17.3 Å². The summed E-state index contributed by atoms with van der Waals surface area (Å²) in [4.78, 5) is 2.54. The molecule has 2 rings (SSSR count). The number of rotatable bonds is 3. The number of hydrogen-bond acceptors (Lipinski definition) is 3. The van der Waals surface area contributed by atoms with Crippen molar-refractivity contribution in [3.8, 4) is 0 Å². The lowest BCUT2D eigenvalue weighted by molar-refractivity contribution is 0.122. The van der Waals surface area contributed by atoms with Gasteiger partial charge in [0.15, 0.2) is 0 Å². The molecule has 4 heteroatoms. The van der Waals surface area contributed by atoms with Crippen LogP contribution in [-0.2, 0) is 0 Å². The molecule has 0 aliphatic carbocycles. The Morgan fingerprint density at radius 2 is 2.29 bits per heavy atom. The monoisotopic (exact) mass is 272 g/mol. The SMILES string of the molecule is CC(N)C1CCCN(C(C)c2csc(Cl)c2)C1. The number of nitrogens with zero attached hydrogens (tertiary/aromatic N) is 1. The van der Waals surface area contributed by atoms with Gasteiger partial charge in [0.2, 0.25) is 0 Å². The second-order valence-electron chi connectivity index (χ2n) is 5.12. The Morgan fingerprint density at radius 1 is 1.53 bits per heavy atom. The van der Waals surface area contributed by atoms with Gasteiger partial charge in [0.25, 0.3) is 0 Å². The van der Waals surface area contributed by atoms with E-state index in [9.17, 15) is 0 Å². The van der Waals surface area contributed by atoms with Gasteiger partial charge in [0.05, 0.1) is 4.34 Å². The third kappa shape index (κ3) is 3.22. The minimum atomic E-state index is 0.302. The zero-order chi connectivity index (χ0) is 12.4. The van der Waals surface area contributed by atoms with E-state index >= 15 is 0 Å². The molecule has 1 aliphatic rings. The summed E-state index contributed by atoms with van der Waals surface area (Å²) in [5.74, 6) is 0.639. The van der Waals surface area contributed by atoms with E-state index < -0.39 is 0 Å². The Morgan fingerprint density at radius 3 is 2.88 bits per heavy atom. The predicted octanol–water partition coefficient (Wildman–Crippen LogP) is 3.52. The van der Waals surface area contributed by atoms with E-state index in [1.54, 1.807) is 11.3 Å². The van der Waals surface area contributed by atoms with Crippen LogP contribution in [-0.4, -0.2) is 24.0 Å². The van der Waals surface area contributed by atoms with Crippen LogP contribution >= 0.6 is 22.9 Å². The molecule has 1 aromatic heterocycles. The summed E-state index contributed by atoms with van der Waals surface area (Å²) in [5, 5.41) is 2.17. The van der Waals surface area contributed by atoms with Crippen LogP contribution in [0.5, 0.6) is 0 Å². The van der Waals surface area contributed by atoms with Crippen LogP contribution in [0.3, 0.4) is 0 Å². The number of halogens is 1. The maximum absolute atomic E-state index is 6.03.